The van der Waals surface area contributed by atoms with E-state index in [0.29, 0.717) is 11.6 Å². The molecule has 2 atom stereocenters. The summed E-state index contributed by atoms with van der Waals surface area (Å²) in [5, 5.41) is 9.58. The number of halogens is 1. The van der Waals surface area contributed by atoms with Gasteiger partial charge in [-0.1, -0.05) is 11.6 Å². The van der Waals surface area contributed by atoms with E-state index in [0.717, 1.165) is 0 Å². The molecule has 20 heavy (non-hydrogen) atoms. The molecule has 0 saturated carbocycles. The van der Waals surface area contributed by atoms with Gasteiger partial charge in [0, 0.05) is 17.8 Å². The predicted octanol–water partition coefficient (Wildman–Crippen LogP) is 1.30. The first-order valence-corrected chi connectivity index (χ1v) is 6.65. The normalized spacial score (nSPS) is 21.7. The van der Waals surface area contributed by atoms with Crippen molar-refractivity contribution in [2.24, 2.45) is 5.92 Å². The van der Waals surface area contributed by atoms with Crippen LogP contribution in [0.25, 0.3) is 0 Å². The Kier molecular flexibility index (Phi) is 4.57. The molecule has 0 radical (unpaired) electrons. The molecule has 0 bridgehead atoms. The summed E-state index contributed by atoms with van der Waals surface area (Å²) < 4.78 is 5.20. The molecule has 1 fully saturated rings. The summed E-state index contributed by atoms with van der Waals surface area (Å²) in [5.74, 6) is -2.01. The Labute approximate surface area is 121 Å². The van der Waals surface area contributed by atoms with Crippen LogP contribution in [0, 0.1) is 5.92 Å². The van der Waals surface area contributed by atoms with Crippen molar-refractivity contribution in [3.05, 3.63) is 29.0 Å². The number of hydrogen-bond donors (Lipinski definition) is 1. The van der Waals surface area contributed by atoms with Crippen LogP contribution in [0.15, 0.2) is 18.3 Å². The van der Waals surface area contributed by atoms with Crippen LogP contribution in [0.1, 0.15) is 17.4 Å². The number of likely N-dealkylation sites (N-methyl/N-ethyl adjacent to an activating group) is 1. The summed E-state index contributed by atoms with van der Waals surface area (Å²) in [6.07, 6.45) is 1.45. The topological polar surface area (TPSA) is 79.7 Å². The summed E-state index contributed by atoms with van der Waals surface area (Å²) in [6.45, 7) is 2.51. The number of pyridine rings is 1. The number of amides is 1. The van der Waals surface area contributed by atoms with Gasteiger partial charge < -0.3 is 14.7 Å². The first-order valence-electron chi connectivity index (χ1n) is 6.27. The van der Waals surface area contributed by atoms with E-state index in [4.69, 9.17) is 21.4 Å². The highest BCUT2D eigenvalue weighted by molar-refractivity contribution is 6.30. The van der Waals surface area contributed by atoms with Gasteiger partial charge in [0.2, 0.25) is 0 Å². The van der Waals surface area contributed by atoms with Crippen LogP contribution in [0.2, 0.25) is 5.02 Å². The van der Waals surface area contributed by atoms with Crippen molar-refractivity contribution in [3.8, 4) is 0 Å². The fraction of sp³-hybridized carbons (Fsp3) is 0.462. The predicted molar refractivity (Wildman–Crippen MR) is 71.7 cm³/mol. The number of carboxylic acids is 1. The lowest BCUT2D eigenvalue weighted by atomic mass is 10.0. The number of nitrogens with zero attached hydrogens (tertiary/aromatic N) is 2. The average molecular weight is 299 g/mol. The van der Waals surface area contributed by atoms with E-state index in [1.54, 1.807) is 13.0 Å². The molecule has 0 spiro atoms. The number of carboxylic acid groups (broad SMARTS) is 1. The van der Waals surface area contributed by atoms with Crippen LogP contribution in [0.4, 0.5) is 0 Å². The molecule has 2 unspecified atom stereocenters. The quantitative estimate of drug-likeness (QED) is 0.906. The Morgan fingerprint density at radius 2 is 2.30 bits per heavy atom. The van der Waals surface area contributed by atoms with Gasteiger partial charge in [0.15, 0.2) is 0 Å². The van der Waals surface area contributed by atoms with E-state index in [2.05, 4.69) is 4.98 Å². The van der Waals surface area contributed by atoms with Crippen molar-refractivity contribution in [2.45, 2.75) is 13.0 Å². The minimum atomic E-state index is -0.960. The second-order valence-corrected chi connectivity index (χ2v) is 4.94. The lowest BCUT2D eigenvalue weighted by Crippen LogP contribution is -2.46. The summed E-state index contributed by atoms with van der Waals surface area (Å²) >= 11 is 5.85. The van der Waals surface area contributed by atoms with Gasteiger partial charge in [0.25, 0.3) is 5.91 Å². The second-order valence-electron chi connectivity index (χ2n) is 4.50. The maximum absolute atomic E-state index is 12.4. The van der Waals surface area contributed by atoms with E-state index in [-0.39, 0.29) is 24.8 Å². The fourth-order valence-corrected chi connectivity index (χ4v) is 2.44. The molecule has 1 amide bonds. The standard InChI is InChI=1S/C13H15ClN2O4/c1-2-16(11-7-20-6-9(11)13(18)19)12(17)10-5-8(14)3-4-15-10/h3-5,9,11H,2,6-7H2,1H3,(H,18,19). The SMILES string of the molecule is CCN(C(=O)c1cc(Cl)ccn1)C1COCC1C(=O)O. The highest BCUT2D eigenvalue weighted by Gasteiger charge is 2.39. The largest absolute Gasteiger partial charge is 0.481 e. The first-order chi connectivity index (χ1) is 9.54. The summed E-state index contributed by atoms with van der Waals surface area (Å²) in [6, 6.07) is 2.57. The zero-order valence-electron chi connectivity index (χ0n) is 11.0. The summed E-state index contributed by atoms with van der Waals surface area (Å²) in [5.41, 5.74) is 0.204. The van der Waals surface area contributed by atoms with Crippen LogP contribution < -0.4 is 0 Å². The van der Waals surface area contributed by atoms with Crippen LogP contribution in [0.3, 0.4) is 0 Å². The molecule has 1 saturated heterocycles. The Morgan fingerprint density at radius 1 is 1.55 bits per heavy atom. The van der Waals surface area contributed by atoms with Crippen molar-refractivity contribution < 1.29 is 19.4 Å². The third-order valence-electron chi connectivity index (χ3n) is 3.31. The highest BCUT2D eigenvalue weighted by atomic mass is 35.5. The zero-order chi connectivity index (χ0) is 14.7. The van der Waals surface area contributed by atoms with E-state index in [9.17, 15) is 9.59 Å². The monoisotopic (exact) mass is 298 g/mol. The number of rotatable bonds is 4. The Morgan fingerprint density at radius 3 is 2.90 bits per heavy atom. The Balaban J connectivity index is 2.23. The van der Waals surface area contributed by atoms with Gasteiger partial charge >= 0.3 is 5.97 Å². The Bertz CT molecular complexity index is 523. The molecule has 2 heterocycles. The molecule has 1 aliphatic heterocycles. The van der Waals surface area contributed by atoms with Crippen molar-refractivity contribution in [3.63, 3.8) is 0 Å². The van der Waals surface area contributed by atoms with Crippen LogP contribution >= 0.6 is 11.6 Å². The molecule has 0 aromatic carbocycles. The second kappa shape index (κ2) is 6.19. The number of carbonyl (C=O) groups is 2. The number of carbonyl (C=O) groups excluding carboxylic acids is 1. The van der Waals surface area contributed by atoms with Crippen molar-refractivity contribution in [2.75, 3.05) is 19.8 Å². The van der Waals surface area contributed by atoms with Crippen molar-refractivity contribution in [1.29, 1.82) is 0 Å². The first kappa shape index (κ1) is 14.7. The van der Waals surface area contributed by atoms with Gasteiger partial charge in [0.1, 0.15) is 11.6 Å². The van der Waals surface area contributed by atoms with Crippen LogP contribution in [-0.2, 0) is 9.53 Å². The number of ether oxygens (including phenoxy) is 1. The van der Waals surface area contributed by atoms with Crippen molar-refractivity contribution in [1.82, 2.24) is 9.88 Å². The van der Waals surface area contributed by atoms with E-state index < -0.39 is 17.9 Å². The smallest absolute Gasteiger partial charge is 0.311 e. The molecular weight excluding hydrogens is 284 g/mol. The fourth-order valence-electron chi connectivity index (χ4n) is 2.28. The minimum Gasteiger partial charge on any atom is -0.481 e. The third kappa shape index (κ3) is 2.91. The van der Waals surface area contributed by atoms with Crippen LogP contribution in [-0.4, -0.2) is 52.7 Å². The van der Waals surface area contributed by atoms with Gasteiger partial charge in [-0.05, 0) is 19.1 Å². The lowest BCUT2D eigenvalue weighted by Gasteiger charge is -2.29. The molecule has 2 rings (SSSR count). The number of hydrogen-bond acceptors (Lipinski definition) is 4. The van der Waals surface area contributed by atoms with E-state index in [1.807, 2.05) is 0 Å². The van der Waals surface area contributed by atoms with E-state index >= 15 is 0 Å². The third-order valence-corrected chi connectivity index (χ3v) is 3.55. The van der Waals surface area contributed by atoms with Crippen molar-refractivity contribution >= 4 is 23.5 Å². The highest BCUT2D eigenvalue weighted by Crippen LogP contribution is 2.22. The van der Waals surface area contributed by atoms with Crippen LogP contribution in [0.5, 0.6) is 0 Å². The Hall–Kier alpha value is -1.66. The van der Waals surface area contributed by atoms with Gasteiger partial charge in [0.05, 0.1) is 19.3 Å². The van der Waals surface area contributed by atoms with Gasteiger partial charge in [-0.3, -0.25) is 14.6 Å². The molecule has 1 aliphatic rings. The molecule has 6 nitrogen and oxygen atoms in total. The minimum absolute atomic E-state index is 0.118. The molecule has 108 valence electrons. The number of aliphatic carboxylic acids is 1. The molecule has 7 heteroatoms. The van der Waals surface area contributed by atoms with Gasteiger partial charge in [-0.2, -0.15) is 0 Å². The molecule has 1 N–H and O–H groups in total. The molecule has 1 aromatic rings. The molecule has 0 aliphatic carbocycles. The maximum atomic E-state index is 12.4. The van der Waals surface area contributed by atoms with E-state index in [1.165, 1.54) is 17.2 Å². The summed E-state index contributed by atoms with van der Waals surface area (Å²) in [7, 11) is 0. The maximum Gasteiger partial charge on any atom is 0.311 e. The van der Waals surface area contributed by atoms with Gasteiger partial charge in [-0.15, -0.1) is 0 Å². The zero-order valence-corrected chi connectivity index (χ0v) is 11.7. The number of aromatic nitrogens is 1. The average Bonchev–Trinajstić information content (AvgIpc) is 2.89. The molecule has 1 aromatic heterocycles. The molecular formula is C13H15ClN2O4. The van der Waals surface area contributed by atoms with Gasteiger partial charge in [-0.25, -0.2) is 0 Å². The summed E-state index contributed by atoms with van der Waals surface area (Å²) in [4.78, 5) is 29.1. The lowest BCUT2D eigenvalue weighted by molar-refractivity contribution is -0.142.